The number of carbonyl (C=O) groups is 1. The van der Waals surface area contributed by atoms with E-state index in [-0.39, 0.29) is 16.0 Å². The van der Waals surface area contributed by atoms with E-state index in [9.17, 15) is 4.79 Å². The van der Waals surface area contributed by atoms with Crippen LogP contribution in [0.25, 0.3) is 0 Å². The van der Waals surface area contributed by atoms with Gasteiger partial charge in [-0.2, -0.15) is 0 Å². The zero-order chi connectivity index (χ0) is 12.3. The van der Waals surface area contributed by atoms with Gasteiger partial charge in [-0.1, -0.05) is 35.1 Å². The van der Waals surface area contributed by atoms with Gasteiger partial charge in [-0.3, -0.25) is 4.79 Å². The van der Waals surface area contributed by atoms with Crippen molar-refractivity contribution in [2.24, 2.45) is 0 Å². The maximum absolute atomic E-state index is 11.6. The summed E-state index contributed by atoms with van der Waals surface area (Å²) in [5.74, 6) is -0.292. The quantitative estimate of drug-likeness (QED) is 0.888. The lowest BCUT2D eigenvalue weighted by atomic mass is 10.2. The minimum absolute atomic E-state index is 0.254. The molecule has 0 atom stereocenters. The van der Waals surface area contributed by atoms with Crippen molar-refractivity contribution in [3.05, 3.63) is 39.9 Å². The van der Waals surface area contributed by atoms with Crippen LogP contribution < -0.4 is 11.1 Å². The summed E-state index contributed by atoms with van der Waals surface area (Å²) in [4.78, 5) is 11.6. The number of nitrogens with zero attached hydrogens (tertiary/aromatic N) is 2. The highest BCUT2D eigenvalue weighted by Crippen LogP contribution is 2.12. The van der Waals surface area contributed by atoms with Gasteiger partial charge in [0.1, 0.15) is 0 Å². The number of halogens is 1. The first-order valence-corrected chi connectivity index (χ1v) is 5.96. The smallest absolute Gasteiger partial charge is 0.282 e. The normalized spacial score (nSPS) is 10.2. The first-order valence-electron chi connectivity index (χ1n) is 4.77. The summed E-state index contributed by atoms with van der Waals surface area (Å²) in [6, 6.07) is 7.27. The van der Waals surface area contributed by atoms with E-state index in [1.165, 1.54) is 0 Å². The number of carbonyl (C=O) groups excluding carboxylic acids is 1. The molecular weight excluding hydrogens is 260 g/mol. The molecule has 17 heavy (non-hydrogen) atoms. The number of anilines is 1. The van der Waals surface area contributed by atoms with Gasteiger partial charge in [-0.25, -0.2) is 0 Å². The summed E-state index contributed by atoms with van der Waals surface area (Å²) in [7, 11) is 0. The molecule has 3 N–H and O–H groups in total. The highest BCUT2D eigenvalue weighted by Gasteiger charge is 2.10. The highest BCUT2D eigenvalue weighted by molar-refractivity contribution is 7.16. The molecule has 88 valence electrons. The van der Waals surface area contributed by atoms with Gasteiger partial charge >= 0.3 is 0 Å². The van der Waals surface area contributed by atoms with Gasteiger partial charge < -0.3 is 11.1 Å². The number of rotatable bonds is 3. The fourth-order valence-electron chi connectivity index (χ4n) is 1.23. The third-order valence-corrected chi connectivity index (χ3v) is 2.96. The molecule has 0 fully saturated rings. The van der Waals surface area contributed by atoms with Crippen LogP contribution in [0, 0.1) is 0 Å². The van der Waals surface area contributed by atoms with Crippen LogP contribution in [0.4, 0.5) is 5.13 Å². The van der Waals surface area contributed by atoms with Gasteiger partial charge in [0, 0.05) is 11.6 Å². The van der Waals surface area contributed by atoms with E-state index in [2.05, 4.69) is 15.5 Å². The first kappa shape index (κ1) is 11.8. The van der Waals surface area contributed by atoms with E-state index in [1.807, 2.05) is 12.1 Å². The average molecular weight is 269 g/mol. The number of hydrogen-bond acceptors (Lipinski definition) is 5. The molecule has 0 aliphatic carbocycles. The Morgan fingerprint density at radius 3 is 2.94 bits per heavy atom. The second kappa shape index (κ2) is 5.11. The lowest BCUT2D eigenvalue weighted by molar-refractivity contribution is 0.0950. The largest absolute Gasteiger partial charge is 0.374 e. The number of hydrogen-bond donors (Lipinski definition) is 2. The number of nitrogens with two attached hydrogens (primary N) is 1. The van der Waals surface area contributed by atoms with Gasteiger partial charge in [-0.15, -0.1) is 10.2 Å². The molecule has 1 aromatic heterocycles. The molecule has 0 spiro atoms. The van der Waals surface area contributed by atoms with Crippen LogP contribution in [0.15, 0.2) is 24.3 Å². The Morgan fingerprint density at radius 2 is 2.29 bits per heavy atom. The maximum atomic E-state index is 11.6. The van der Waals surface area contributed by atoms with Gasteiger partial charge in [0.25, 0.3) is 5.91 Å². The van der Waals surface area contributed by atoms with Crippen LogP contribution in [0.3, 0.4) is 0 Å². The molecule has 1 aromatic carbocycles. The zero-order valence-corrected chi connectivity index (χ0v) is 10.3. The van der Waals surface area contributed by atoms with E-state index in [0.717, 1.165) is 16.9 Å². The fourth-order valence-corrected chi connectivity index (χ4v) is 1.97. The van der Waals surface area contributed by atoms with Crippen molar-refractivity contribution in [2.45, 2.75) is 6.54 Å². The fraction of sp³-hybridized carbons (Fsp3) is 0.100. The molecule has 0 bridgehead atoms. The molecule has 7 heteroatoms. The van der Waals surface area contributed by atoms with E-state index >= 15 is 0 Å². The summed E-state index contributed by atoms with van der Waals surface area (Å²) < 4.78 is 0. The molecular formula is C10H9ClN4OS. The summed E-state index contributed by atoms with van der Waals surface area (Å²) in [5.41, 5.74) is 6.31. The number of nitrogen functional groups attached to an aromatic ring is 1. The van der Waals surface area contributed by atoms with Crippen molar-refractivity contribution < 1.29 is 4.79 Å². The number of aromatic nitrogens is 2. The Hall–Kier alpha value is -1.66. The molecule has 0 aliphatic rings. The third-order valence-electron chi connectivity index (χ3n) is 1.98. The van der Waals surface area contributed by atoms with Gasteiger partial charge in [0.15, 0.2) is 0 Å². The molecule has 2 rings (SSSR count). The second-order valence-electron chi connectivity index (χ2n) is 3.26. The maximum Gasteiger partial charge on any atom is 0.282 e. The number of benzene rings is 1. The van der Waals surface area contributed by atoms with Crippen LogP contribution in [0.5, 0.6) is 0 Å². The van der Waals surface area contributed by atoms with Gasteiger partial charge in [0.05, 0.1) is 0 Å². The monoisotopic (exact) mass is 268 g/mol. The predicted molar refractivity (Wildman–Crippen MR) is 66.9 cm³/mol. The van der Waals surface area contributed by atoms with E-state index in [1.54, 1.807) is 12.1 Å². The molecule has 0 unspecified atom stereocenters. The Labute approximate surface area is 107 Å². The minimum Gasteiger partial charge on any atom is -0.374 e. The first-order chi connectivity index (χ1) is 8.15. The Morgan fingerprint density at radius 1 is 1.47 bits per heavy atom. The SMILES string of the molecule is Nc1nnc(C(=O)NCc2cccc(Cl)c2)s1. The van der Waals surface area contributed by atoms with Crippen molar-refractivity contribution in [2.75, 3.05) is 5.73 Å². The van der Waals surface area contributed by atoms with Gasteiger partial charge in [0.2, 0.25) is 10.1 Å². The standard InChI is InChI=1S/C10H9ClN4OS/c11-7-3-1-2-6(4-7)5-13-8(16)9-14-15-10(12)17-9/h1-4H,5H2,(H2,12,15)(H,13,16). The van der Waals surface area contributed by atoms with Crippen LogP contribution in [-0.2, 0) is 6.54 Å². The Balaban J connectivity index is 1.97. The lowest BCUT2D eigenvalue weighted by Gasteiger charge is -2.03. The second-order valence-corrected chi connectivity index (χ2v) is 4.70. The van der Waals surface area contributed by atoms with Crippen LogP contribution in [0.1, 0.15) is 15.4 Å². The Bertz CT molecular complexity index is 543. The molecule has 1 heterocycles. The predicted octanol–water partition coefficient (Wildman–Crippen LogP) is 1.70. The van der Waals surface area contributed by atoms with Crippen LogP contribution in [-0.4, -0.2) is 16.1 Å². The van der Waals surface area contributed by atoms with Crippen LogP contribution >= 0.6 is 22.9 Å². The van der Waals surface area contributed by atoms with Crippen molar-refractivity contribution in [3.8, 4) is 0 Å². The van der Waals surface area contributed by atoms with Gasteiger partial charge in [-0.05, 0) is 17.7 Å². The molecule has 0 saturated carbocycles. The molecule has 5 nitrogen and oxygen atoms in total. The summed E-state index contributed by atoms with van der Waals surface area (Å²) in [5, 5.41) is 11.1. The minimum atomic E-state index is -0.292. The number of amides is 1. The summed E-state index contributed by atoms with van der Waals surface area (Å²) in [6.07, 6.45) is 0. The molecule has 1 amide bonds. The Kier molecular flexibility index (Phi) is 3.55. The van der Waals surface area contributed by atoms with Crippen molar-refractivity contribution in [1.82, 2.24) is 15.5 Å². The van der Waals surface area contributed by atoms with E-state index in [4.69, 9.17) is 17.3 Å². The number of nitrogens with one attached hydrogen (secondary N) is 1. The average Bonchev–Trinajstić information content (AvgIpc) is 2.73. The van der Waals surface area contributed by atoms with Crippen LogP contribution in [0.2, 0.25) is 5.02 Å². The molecule has 2 aromatic rings. The zero-order valence-electron chi connectivity index (χ0n) is 8.68. The highest BCUT2D eigenvalue weighted by atomic mass is 35.5. The molecule has 0 saturated heterocycles. The summed E-state index contributed by atoms with van der Waals surface area (Å²) >= 11 is 6.88. The molecule has 0 aliphatic heterocycles. The molecule has 0 radical (unpaired) electrons. The van der Waals surface area contributed by atoms with Crippen molar-refractivity contribution in [3.63, 3.8) is 0 Å². The summed E-state index contributed by atoms with van der Waals surface area (Å²) in [6.45, 7) is 0.388. The lowest BCUT2D eigenvalue weighted by Crippen LogP contribution is -2.22. The van der Waals surface area contributed by atoms with E-state index in [0.29, 0.717) is 11.6 Å². The van der Waals surface area contributed by atoms with E-state index < -0.39 is 0 Å². The van der Waals surface area contributed by atoms with Crippen molar-refractivity contribution in [1.29, 1.82) is 0 Å². The topological polar surface area (TPSA) is 80.9 Å². The van der Waals surface area contributed by atoms with Crippen molar-refractivity contribution >= 4 is 34.0 Å². The third kappa shape index (κ3) is 3.15.